The second-order valence-electron chi connectivity index (χ2n) is 5.64. The molecule has 6 nitrogen and oxygen atoms in total. The first-order valence-corrected chi connectivity index (χ1v) is 7.18. The molecule has 3 heterocycles. The van der Waals surface area contributed by atoms with Crippen molar-refractivity contribution < 1.29 is 9.90 Å². The average Bonchev–Trinajstić information content (AvgIpc) is 3.00. The number of aliphatic hydroxyl groups excluding tert-OH is 1. The number of fused-ring (bicyclic) bond motifs is 1. The number of piperidine rings is 1. The van der Waals surface area contributed by atoms with Crippen LogP contribution in [-0.2, 0) is 7.05 Å². The highest BCUT2D eigenvalue weighted by Gasteiger charge is 2.25. The Bertz CT molecular complexity index is 723. The lowest BCUT2D eigenvalue weighted by atomic mass is 9.97. The van der Waals surface area contributed by atoms with Gasteiger partial charge in [0.05, 0.1) is 5.56 Å². The third-order valence-corrected chi connectivity index (χ3v) is 4.28. The third kappa shape index (κ3) is 2.35. The summed E-state index contributed by atoms with van der Waals surface area (Å²) in [5, 5.41) is 9.84. The van der Waals surface area contributed by atoms with Gasteiger partial charge in [-0.05, 0) is 24.8 Å². The van der Waals surface area contributed by atoms with Crippen LogP contribution >= 0.6 is 0 Å². The number of carbonyl (C=O) groups is 1. The van der Waals surface area contributed by atoms with Crippen molar-refractivity contribution in [3.8, 4) is 0 Å². The highest BCUT2D eigenvalue weighted by molar-refractivity contribution is 6.05. The van der Waals surface area contributed by atoms with Crippen LogP contribution in [0.1, 0.15) is 23.2 Å². The lowest BCUT2D eigenvalue weighted by Gasteiger charge is -2.31. The predicted molar refractivity (Wildman–Crippen MR) is 79.3 cm³/mol. The Balaban J connectivity index is 1.94. The Kier molecular flexibility index (Phi) is 3.55. The Labute approximate surface area is 122 Å². The molecule has 1 aliphatic rings. The normalized spacial score (nSPS) is 16.6. The van der Waals surface area contributed by atoms with Gasteiger partial charge in [0.25, 0.3) is 11.5 Å². The summed E-state index contributed by atoms with van der Waals surface area (Å²) in [7, 11) is 1.65. The number of aliphatic hydroxyl groups is 1. The van der Waals surface area contributed by atoms with Crippen molar-refractivity contribution >= 4 is 16.8 Å². The van der Waals surface area contributed by atoms with Gasteiger partial charge in [0, 0.05) is 44.5 Å². The van der Waals surface area contributed by atoms with Crippen molar-refractivity contribution in [2.75, 3.05) is 19.7 Å². The zero-order valence-corrected chi connectivity index (χ0v) is 12.0. The Morgan fingerprint density at radius 3 is 2.81 bits per heavy atom. The van der Waals surface area contributed by atoms with Gasteiger partial charge in [-0.2, -0.15) is 0 Å². The number of pyridine rings is 1. The standard InChI is InChI=1S/C15H19N3O3/c1-17-8-12(11-2-5-16-13(11)15(17)21)14(20)18-6-3-10(9-19)4-7-18/h2,5,8,10,16,19H,3-4,6-7,9H2,1H3. The van der Waals surface area contributed by atoms with Gasteiger partial charge in [-0.3, -0.25) is 9.59 Å². The summed E-state index contributed by atoms with van der Waals surface area (Å²) in [5.74, 6) is 0.244. The maximum Gasteiger partial charge on any atom is 0.274 e. The minimum absolute atomic E-state index is 0.0495. The minimum Gasteiger partial charge on any atom is -0.396 e. The molecule has 1 aliphatic heterocycles. The fraction of sp³-hybridized carbons (Fsp3) is 0.467. The average molecular weight is 289 g/mol. The first kappa shape index (κ1) is 13.9. The van der Waals surface area contributed by atoms with Crippen molar-refractivity contribution in [3.63, 3.8) is 0 Å². The summed E-state index contributed by atoms with van der Waals surface area (Å²) >= 11 is 0. The smallest absolute Gasteiger partial charge is 0.274 e. The second kappa shape index (κ2) is 5.37. The van der Waals surface area contributed by atoms with E-state index in [4.69, 9.17) is 5.11 Å². The molecule has 2 aromatic rings. The molecule has 6 heteroatoms. The van der Waals surface area contributed by atoms with Crippen LogP contribution in [0.4, 0.5) is 0 Å². The molecule has 0 radical (unpaired) electrons. The van der Waals surface area contributed by atoms with Crippen LogP contribution < -0.4 is 5.56 Å². The summed E-state index contributed by atoms with van der Waals surface area (Å²) in [6.07, 6.45) is 4.94. The molecule has 1 fully saturated rings. The molecule has 0 bridgehead atoms. The van der Waals surface area contributed by atoms with Crippen molar-refractivity contribution in [2.24, 2.45) is 13.0 Å². The van der Waals surface area contributed by atoms with E-state index in [1.54, 1.807) is 30.4 Å². The number of aromatic amines is 1. The monoisotopic (exact) mass is 289 g/mol. The number of carbonyl (C=O) groups excluding carboxylic acids is 1. The molecule has 0 spiro atoms. The van der Waals surface area contributed by atoms with Gasteiger partial charge in [0.2, 0.25) is 0 Å². The second-order valence-corrected chi connectivity index (χ2v) is 5.64. The van der Waals surface area contributed by atoms with Crippen molar-refractivity contribution in [3.05, 3.63) is 34.4 Å². The topological polar surface area (TPSA) is 78.3 Å². The van der Waals surface area contributed by atoms with E-state index in [9.17, 15) is 9.59 Å². The summed E-state index contributed by atoms with van der Waals surface area (Å²) in [5.41, 5.74) is 0.884. The maximum absolute atomic E-state index is 12.7. The van der Waals surface area contributed by atoms with E-state index in [0.29, 0.717) is 35.5 Å². The van der Waals surface area contributed by atoms with Crippen LogP contribution in [0.3, 0.4) is 0 Å². The molecule has 0 aromatic carbocycles. The zero-order chi connectivity index (χ0) is 15.0. The van der Waals surface area contributed by atoms with E-state index in [-0.39, 0.29) is 18.1 Å². The molecule has 3 rings (SSSR count). The van der Waals surface area contributed by atoms with Gasteiger partial charge in [0.1, 0.15) is 5.52 Å². The molecule has 2 N–H and O–H groups in total. The van der Waals surface area contributed by atoms with Crippen molar-refractivity contribution in [2.45, 2.75) is 12.8 Å². The van der Waals surface area contributed by atoms with E-state index in [1.807, 2.05) is 0 Å². The molecular weight excluding hydrogens is 270 g/mol. The van der Waals surface area contributed by atoms with Gasteiger partial charge in [0.15, 0.2) is 0 Å². The van der Waals surface area contributed by atoms with E-state index in [2.05, 4.69) is 4.98 Å². The third-order valence-electron chi connectivity index (χ3n) is 4.28. The fourth-order valence-electron chi connectivity index (χ4n) is 2.93. The molecule has 0 atom stereocenters. The van der Waals surface area contributed by atoms with Gasteiger partial charge in [-0.15, -0.1) is 0 Å². The number of aryl methyl sites for hydroxylation is 1. The largest absolute Gasteiger partial charge is 0.396 e. The molecular formula is C15H19N3O3. The Morgan fingerprint density at radius 1 is 1.43 bits per heavy atom. The molecule has 0 aliphatic carbocycles. The number of nitrogens with one attached hydrogen (secondary N) is 1. The molecule has 1 amide bonds. The quantitative estimate of drug-likeness (QED) is 0.854. The SMILES string of the molecule is Cn1cc(C(=O)N2CCC(CO)CC2)c2cc[nH]c2c1=O. The van der Waals surface area contributed by atoms with Crippen LogP contribution in [0.25, 0.3) is 10.9 Å². The van der Waals surface area contributed by atoms with Gasteiger partial charge < -0.3 is 19.6 Å². The first-order chi connectivity index (χ1) is 10.1. The maximum atomic E-state index is 12.7. The molecule has 1 saturated heterocycles. The van der Waals surface area contributed by atoms with E-state index >= 15 is 0 Å². The number of rotatable bonds is 2. The number of likely N-dealkylation sites (tertiary alicyclic amines) is 1. The molecule has 21 heavy (non-hydrogen) atoms. The molecule has 0 saturated carbocycles. The van der Waals surface area contributed by atoms with Crippen LogP contribution in [0.2, 0.25) is 0 Å². The number of amides is 1. The van der Waals surface area contributed by atoms with E-state index in [1.165, 1.54) is 4.57 Å². The van der Waals surface area contributed by atoms with Gasteiger partial charge in [-0.1, -0.05) is 0 Å². The highest BCUT2D eigenvalue weighted by Crippen LogP contribution is 2.21. The molecule has 2 aromatic heterocycles. The number of hydrogen-bond acceptors (Lipinski definition) is 3. The summed E-state index contributed by atoms with van der Waals surface area (Å²) in [6, 6.07) is 1.77. The van der Waals surface area contributed by atoms with Crippen molar-refractivity contribution in [1.82, 2.24) is 14.5 Å². The van der Waals surface area contributed by atoms with Crippen molar-refractivity contribution in [1.29, 1.82) is 0 Å². The predicted octanol–water partition coefficient (Wildman–Crippen LogP) is 0.711. The fourth-order valence-corrected chi connectivity index (χ4v) is 2.93. The number of nitrogens with zero attached hydrogens (tertiary/aromatic N) is 2. The highest BCUT2D eigenvalue weighted by atomic mass is 16.3. The lowest BCUT2D eigenvalue weighted by molar-refractivity contribution is 0.0652. The van der Waals surface area contributed by atoms with Gasteiger partial charge >= 0.3 is 0 Å². The first-order valence-electron chi connectivity index (χ1n) is 7.18. The van der Waals surface area contributed by atoms with E-state index < -0.39 is 0 Å². The summed E-state index contributed by atoms with van der Waals surface area (Å²) in [6.45, 7) is 1.49. The lowest BCUT2D eigenvalue weighted by Crippen LogP contribution is -2.39. The van der Waals surface area contributed by atoms with Crippen LogP contribution in [-0.4, -0.2) is 45.2 Å². The summed E-state index contributed by atoms with van der Waals surface area (Å²) in [4.78, 5) is 29.4. The van der Waals surface area contributed by atoms with Crippen LogP contribution in [0, 0.1) is 5.92 Å². The minimum atomic E-state index is -0.134. The van der Waals surface area contributed by atoms with Crippen LogP contribution in [0.5, 0.6) is 0 Å². The van der Waals surface area contributed by atoms with Crippen LogP contribution in [0.15, 0.2) is 23.3 Å². The Morgan fingerprint density at radius 2 is 2.14 bits per heavy atom. The number of H-pyrrole nitrogens is 1. The molecule has 0 unspecified atom stereocenters. The number of aromatic nitrogens is 2. The Hall–Kier alpha value is -2.08. The zero-order valence-electron chi connectivity index (χ0n) is 12.0. The van der Waals surface area contributed by atoms with E-state index in [0.717, 1.165) is 12.8 Å². The van der Waals surface area contributed by atoms with Gasteiger partial charge in [-0.25, -0.2) is 0 Å². The number of hydrogen-bond donors (Lipinski definition) is 2. The summed E-state index contributed by atoms with van der Waals surface area (Å²) < 4.78 is 1.44. The molecule has 112 valence electrons.